The van der Waals surface area contributed by atoms with E-state index in [2.05, 4.69) is 20.6 Å². The molecule has 0 atom stereocenters. The van der Waals surface area contributed by atoms with Gasteiger partial charge < -0.3 is 21.3 Å². The Balaban J connectivity index is 1.47. The van der Waals surface area contributed by atoms with Crippen molar-refractivity contribution in [1.29, 1.82) is 0 Å². The van der Waals surface area contributed by atoms with Crippen molar-refractivity contribution in [3.05, 3.63) is 47.8 Å². The molecule has 2 aromatic rings. The van der Waals surface area contributed by atoms with Crippen LogP contribution in [0.1, 0.15) is 30.5 Å². The van der Waals surface area contributed by atoms with Crippen molar-refractivity contribution < 1.29 is 9.59 Å². The number of nitrogen functional groups attached to an aromatic ring is 1. The van der Waals surface area contributed by atoms with Gasteiger partial charge in [0.25, 0.3) is 0 Å². The number of nitrogens with one attached hydrogen (secondary N) is 2. The number of hydrogen-bond donors (Lipinski definition) is 3. The van der Waals surface area contributed by atoms with Gasteiger partial charge in [0.1, 0.15) is 0 Å². The minimum atomic E-state index is -0.224. The first-order valence-corrected chi connectivity index (χ1v) is 9.05. The van der Waals surface area contributed by atoms with Crippen LogP contribution in [0.3, 0.4) is 0 Å². The third kappa shape index (κ3) is 4.93. The Morgan fingerprint density at radius 3 is 2.63 bits per heavy atom. The van der Waals surface area contributed by atoms with Gasteiger partial charge in [-0.2, -0.15) is 0 Å². The maximum atomic E-state index is 12.4. The topological polar surface area (TPSA) is 113 Å². The van der Waals surface area contributed by atoms with Crippen LogP contribution in [-0.4, -0.2) is 46.4 Å². The van der Waals surface area contributed by atoms with Crippen LogP contribution < -0.4 is 16.4 Å². The summed E-state index contributed by atoms with van der Waals surface area (Å²) in [7, 11) is 0. The Morgan fingerprint density at radius 2 is 1.96 bits per heavy atom. The highest BCUT2D eigenvalue weighted by Crippen LogP contribution is 2.26. The van der Waals surface area contributed by atoms with Crippen LogP contribution in [0.2, 0.25) is 0 Å². The first kappa shape index (κ1) is 18.6. The molecule has 0 spiro atoms. The normalized spacial score (nSPS) is 13.7. The van der Waals surface area contributed by atoms with Gasteiger partial charge in [-0.15, -0.1) is 0 Å². The molecule has 1 saturated heterocycles. The van der Waals surface area contributed by atoms with Crippen molar-refractivity contribution in [3.63, 3.8) is 0 Å². The van der Waals surface area contributed by atoms with E-state index in [0.717, 1.165) is 17.7 Å². The summed E-state index contributed by atoms with van der Waals surface area (Å²) < 4.78 is 0. The Morgan fingerprint density at radius 1 is 1.22 bits per heavy atom. The second-order valence-corrected chi connectivity index (χ2v) is 6.59. The second kappa shape index (κ2) is 8.48. The minimum Gasteiger partial charge on any atom is -0.368 e. The summed E-state index contributed by atoms with van der Waals surface area (Å²) in [5.74, 6) is 0.552. The zero-order chi connectivity index (χ0) is 19.2. The van der Waals surface area contributed by atoms with Gasteiger partial charge in [-0.1, -0.05) is 19.1 Å². The molecular formula is C19H24N6O2. The summed E-state index contributed by atoms with van der Waals surface area (Å²) in [4.78, 5) is 34.0. The standard InChI is InChI=1S/C19H24N6O2/c1-2-8-22-19(27)23-15-5-3-13(4-6-15)10-17(26)25-11-14(12-25)16-7-9-21-18(20)24-16/h3-7,9,14H,2,8,10-12H2,1H3,(H2,20,21,24)(H2,22,23,27). The van der Waals surface area contributed by atoms with E-state index in [-0.39, 0.29) is 23.8 Å². The number of nitrogens with zero attached hydrogens (tertiary/aromatic N) is 3. The highest BCUT2D eigenvalue weighted by molar-refractivity contribution is 5.89. The molecule has 1 aromatic carbocycles. The third-order valence-electron chi connectivity index (χ3n) is 4.45. The van der Waals surface area contributed by atoms with E-state index >= 15 is 0 Å². The lowest BCUT2D eigenvalue weighted by atomic mass is 9.95. The Hall–Kier alpha value is -3.16. The summed E-state index contributed by atoms with van der Waals surface area (Å²) in [5, 5.41) is 5.51. The van der Waals surface area contributed by atoms with Gasteiger partial charge in [-0.05, 0) is 30.2 Å². The molecule has 0 bridgehead atoms. The summed E-state index contributed by atoms with van der Waals surface area (Å²) in [6, 6.07) is 8.93. The fourth-order valence-corrected chi connectivity index (χ4v) is 2.89. The molecule has 0 aliphatic carbocycles. The van der Waals surface area contributed by atoms with Crippen LogP contribution in [0.4, 0.5) is 16.4 Å². The van der Waals surface area contributed by atoms with E-state index in [1.807, 2.05) is 30.0 Å². The lowest BCUT2D eigenvalue weighted by molar-refractivity contribution is -0.134. The molecule has 142 valence electrons. The van der Waals surface area contributed by atoms with E-state index in [0.29, 0.717) is 31.7 Å². The van der Waals surface area contributed by atoms with Gasteiger partial charge in [0.2, 0.25) is 11.9 Å². The van der Waals surface area contributed by atoms with Crippen LogP contribution in [0.5, 0.6) is 0 Å². The van der Waals surface area contributed by atoms with Crippen molar-refractivity contribution in [3.8, 4) is 0 Å². The van der Waals surface area contributed by atoms with Crippen molar-refractivity contribution in [2.24, 2.45) is 0 Å². The third-order valence-corrected chi connectivity index (χ3v) is 4.45. The number of amides is 3. The molecule has 1 aliphatic heterocycles. The van der Waals surface area contributed by atoms with E-state index in [9.17, 15) is 9.59 Å². The van der Waals surface area contributed by atoms with Crippen molar-refractivity contribution in [2.75, 3.05) is 30.7 Å². The Kier molecular flexibility index (Phi) is 5.85. The summed E-state index contributed by atoms with van der Waals surface area (Å²) in [6.07, 6.45) is 2.86. The number of hydrogen-bond acceptors (Lipinski definition) is 5. The molecule has 1 fully saturated rings. The van der Waals surface area contributed by atoms with Gasteiger partial charge in [0.05, 0.1) is 12.1 Å². The first-order valence-electron chi connectivity index (χ1n) is 9.05. The quantitative estimate of drug-likeness (QED) is 0.719. The van der Waals surface area contributed by atoms with Crippen molar-refractivity contribution in [2.45, 2.75) is 25.7 Å². The number of carbonyl (C=O) groups is 2. The summed E-state index contributed by atoms with van der Waals surface area (Å²) in [5.41, 5.74) is 8.09. The molecule has 0 unspecified atom stereocenters. The predicted octanol–water partition coefficient (Wildman–Crippen LogP) is 1.76. The van der Waals surface area contributed by atoms with Crippen molar-refractivity contribution in [1.82, 2.24) is 20.2 Å². The van der Waals surface area contributed by atoms with E-state index in [1.54, 1.807) is 18.3 Å². The molecular weight excluding hydrogens is 344 g/mol. The van der Waals surface area contributed by atoms with E-state index < -0.39 is 0 Å². The molecule has 3 amide bonds. The van der Waals surface area contributed by atoms with Crippen LogP contribution in [0.25, 0.3) is 0 Å². The zero-order valence-corrected chi connectivity index (χ0v) is 15.3. The lowest BCUT2D eigenvalue weighted by Gasteiger charge is -2.39. The van der Waals surface area contributed by atoms with Gasteiger partial charge in [-0.3, -0.25) is 4.79 Å². The Bertz CT molecular complexity index is 802. The molecule has 8 nitrogen and oxygen atoms in total. The molecule has 0 saturated carbocycles. The largest absolute Gasteiger partial charge is 0.368 e. The maximum absolute atomic E-state index is 12.4. The van der Waals surface area contributed by atoms with Gasteiger partial charge in [0, 0.05) is 37.4 Å². The number of rotatable bonds is 6. The summed E-state index contributed by atoms with van der Waals surface area (Å²) in [6.45, 7) is 3.92. The summed E-state index contributed by atoms with van der Waals surface area (Å²) >= 11 is 0. The molecule has 3 rings (SSSR count). The molecule has 0 radical (unpaired) electrons. The highest BCUT2D eigenvalue weighted by atomic mass is 16.2. The van der Waals surface area contributed by atoms with E-state index in [1.165, 1.54) is 0 Å². The van der Waals surface area contributed by atoms with Crippen LogP contribution in [-0.2, 0) is 11.2 Å². The highest BCUT2D eigenvalue weighted by Gasteiger charge is 2.32. The average Bonchev–Trinajstić information content (AvgIpc) is 2.60. The smallest absolute Gasteiger partial charge is 0.319 e. The molecule has 27 heavy (non-hydrogen) atoms. The minimum absolute atomic E-state index is 0.0784. The maximum Gasteiger partial charge on any atom is 0.319 e. The van der Waals surface area contributed by atoms with Gasteiger partial charge >= 0.3 is 6.03 Å². The molecule has 8 heteroatoms. The van der Waals surface area contributed by atoms with E-state index in [4.69, 9.17) is 5.73 Å². The fraction of sp³-hybridized carbons (Fsp3) is 0.368. The Labute approximate surface area is 158 Å². The number of anilines is 2. The van der Waals surface area contributed by atoms with Crippen molar-refractivity contribution >= 4 is 23.6 Å². The first-order chi connectivity index (χ1) is 13.0. The van der Waals surface area contributed by atoms with Gasteiger partial charge in [-0.25, -0.2) is 14.8 Å². The molecule has 2 heterocycles. The monoisotopic (exact) mass is 368 g/mol. The van der Waals surface area contributed by atoms with Crippen LogP contribution in [0, 0.1) is 0 Å². The number of carbonyl (C=O) groups excluding carboxylic acids is 2. The molecule has 1 aromatic heterocycles. The number of urea groups is 1. The molecule has 4 N–H and O–H groups in total. The average molecular weight is 368 g/mol. The zero-order valence-electron chi connectivity index (χ0n) is 15.3. The van der Waals surface area contributed by atoms with Crippen LogP contribution >= 0.6 is 0 Å². The number of benzene rings is 1. The number of nitrogens with two attached hydrogens (primary N) is 1. The lowest BCUT2D eigenvalue weighted by Crippen LogP contribution is -2.49. The predicted molar refractivity (Wildman–Crippen MR) is 103 cm³/mol. The fourth-order valence-electron chi connectivity index (χ4n) is 2.89. The van der Waals surface area contributed by atoms with Gasteiger partial charge in [0.15, 0.2) is 0 Å². The number of likely N-dealkylation sites (tertiary alicyclic amines) is 1. The number of aromatic nitrogens is 2. The van der Waals surface area contributed by atoms with Crippen LogP contribution in [0.15, 0.2) is 36.5 Å². The molecule has 1 aliphatic rings. The SMILES string of the molecule is CCCNC(=O)Nc1ccc(CC(=O)N2CC(c3ccnc(N)n3)C2)cc1. The second-order valence-electron chi connectivity index (χ2n) is 6.59.